The van der Waals surface area contributed by atoms with Crippen LogP contribution in [-0.4, -0.2) is 33.1 Å². The van der Waals surface area contributed by atoms with Crippen LogP contribution in [0, 0.1) is 10.1 Å². The first-order chi connectivity index (χ1) is 14.8. The van der Waals surface area contributed by atoms with E-state index in [4.69, 9.17) is 4.74 Å². The third-order valence-electron chi connectivity index (χ3n) is 4.23. The lowest BCUT2D eigenvalue weighted by molar-refractivity contribution is -0.384. The maximum Gasteiger partial charge on any atom is 0.270 e. The number of hydrogen-bond donors (Lipinski definition) is 2. The number of amides is 2. The van der Waals surface area contributed by atoms with E-state index >= 15 is 0 Å². The van der Waals surface area contributed by atoms with Crippen LogP contribution in [0.15, 0.2) is 60.8 Å². The van der Waals surface area contributed by atoms with Gasteiger partial charge in [-0.1, -0.05) is 6.07 Å². The molecular formula is C21H21N5O5. The minimum absolute atomic E-state index is 0.107. The first-order valence-corrected chi connectivity index (χ1v) is 9.45. The van der Waals surface area contributed by atoms with E-state index in [1.165, 1.54) is 24.3 Å². The fourth-order valence-electron chi connectivity index (χ4n) is 2.75. The number of nitro benzene ring substituents is 1. The highest BCUT2D eigenvalue weighted by atomic mass is 16.6. The lowest BCUT2D eigenvalue weighted by Crippen LogP contribution is -2.22. The Hall–Kier alpha value is -4.21. The van der Waals surface area contributed by atoms with Gasteiger partial charge in [0.05, 0.1) is 11.1 Å². The summed E-state index contributed by atoms with van der Waals surface area (Å²) in [6, 6.07) is 13.7. The number of hydrogen-bond acceptors (Lipinski definition) is 6. The Balaban J connectivity index is 1.53. The highest BCUT2D eigenvalue weighted by Crippen LogP contribution is 2.19. The van der Waals surface area contributed by atoms with Crippen molar-refractivity contribution in [2.24, 2.45) is 0 Å². The minimum Gasteiger partial charge on any atom is -0.484 e. The Labute approximate surface area is 178 Å². The summed E-state index contributed by atoms with van der Waals surface area (Å²) in [6.45, 7) is 3.72. The van der Waals surface area contributed by atoms with E-state index in [9.17, 15) is 19.7 Å². The van der Waals surface area contributed by atoms with E-state index in [2.05, 4.69) is 15.7 Å². The fourth-order valence-corrected chi connectivity index (χ4v) is 2.75. The van der Waals surface area contributed by atoms with Crippen LogP contribution < -0.4 is 15.4 Å². The smallest absolute Gasteiger partial charge is 0.270 e. The number of nitrogens with zero attached hydrogens (tertiary/aromatic N) is 3. The molecule has 0 fully saturated rings. The summed E-state index contributed by atoms with van der Waals surface area (Å²) >= 11 is 0. The molecule has 0 unspecified atom stereocenters. The van der Waals surface area contributed by atoms with Gasteiger partial charge in [0.2, 0.25) is 0 Å². The molecule has 2 amide bonds. The molecule has 0 aliphatic carbocycles. The van der Waals surface area contributed by atoms with Crippen molar-refractivity contribution in [1.82, 2.24) is 9.78 Å². The molecule has 10 nitrogen and oxygen atoms in total. The molecule has 1 heterocycles. The standard InChI is InChI=1S/C21H21N5O5/c1-14(2)25-19(10-11-22-25)24-20(27)13-31-18-8-6-16(7-9-18)23-21(28)15-4-3-5-17(12-15)26(29)30/h3-12,14H,13H2,1-2H3,(H,23,28)(H,24,27). The Kier molecular flexibility index (Phi) is 6.61. The zero-order valence-corrected chi connectivity index (χ0v) is 16.9. The van der Waals surface area contributed by atoms with Gasteiger partial charge in [0.15, 0.2) is 6.61 Å². The van der Waals surface area contributed by atoms with Crippen molar-refractivity contribution in [3.8, 4) is 5.75 Å². The second-order valence-electron chi connectivity index (χ2n) is 6.88. The summed E-state index contributed by atoms with van der Waals surface area (Å²) in [5, 5.41) is 20.4. The number of carbonyl (C=O) groups excluding carboxylic acids is 2. The molecule has 0 radical (unpaired) electrons. The van der Waals surface area contributed by atoms with Gasteiger partial charge in [-0.25, -0.2) is 4.68 Å². The first-order valence-electron chi connectivity index (χ1n) is 9.45. The zero-order valence-electron chi connectivity index (χ0n) is 16.9. The molecule has 1 aromatic heterocycles. The van der Waals surface area contributed by atoms with Gasteiger partial charge in [0.25, 0.3) is 17.5 Å². The summed E-state index contributed by atoms with van der Waals surface area (Å²) in [5.41, 5.74) is 0.493. The van der Waals surface area contributed by atoms with E-state index in [1.54, 1.807) is 41.2 Å². The molecule has 0 aliphatic heterocycles. The lowest BCUT2D eigenvalue weighted by atomic mass is 10.2. The molecule has 3 aromatic rings. The maximum absolute atomic E-state index is 12.3. The van der Waals surface area contributed by atoms with E-state index < -0.39 is 10.8 Å². The lowest BCUT2D eigenvalue weighted by Gasteiger charge is -2.12. The molecule has 0 aliphatic rings. The van der Waals surface area contributed by atoms with E-state index in [1.807, 2.05) is 13.8 Å². The topological polar surface area (TPSA) is 128 Å². The van der Waals surface area contributed by atoms with Gasteiger partial charge < -0.3 is 15.4 Å². The van der Waals surface area contributed by atoms with Crippen LogP contribution in [-0.2, 0) is 4.79 Å². The Bertz CT molecular complexity index is 1090. The fraction of sp³-hybridized carbons (Fsp3) is 0.190. The molecule has 2 aromatic carbocycles. The van der Waals surface area contributed by atoms with Crippen LogP contribution in [0.5, 0.6) is 5.75 Å². The highest BCUT2D eigenvalue weighted by molar-refractivity contribution is 6.04. The van der Waals surface area contributed by atoms with Gasteiger partial charge in [-0.3, -0.25) is 19.7 Å². The summed E-state index contributed by atoms with van der Waals surface area (Å²) < 4.78 is 7.17. The predicted molar refractivity (Wildman–Crippen MR) is 114 cm³/mol. The average molecular weight is 423 g/mol. The van der Waals surface area contributed by atoms with Crippen LogP contribution in [0.2, 0.25) is 0 Å². The second kappa shape index (κ2) is 9.53. The molecule has 160 valence electrons. The number of nitrogens with one attached hydrogen (secondary N) is 2. The van der Waals surface area contributed by atoms with Gasteiger partial charge in [0, 0.05) is 35.5 Å². The quantitative estimate of drug-likeness (QED) is 0.420. The molecule has 0 saturated heterocycles. The second-order valence-corrected chi connectivity index (χ2v) is 6.88. The largest absolute Gasteiger partial charge is 0.484 e. The van der Waals surface area contributed by atoms with Gasteiger partial charge in [-0.2, -0.15) is 5.10 Å². The minimum atomic E-state index is -0.560. The normalized spacial score (nSPS) is 10.5. The molecule has 0 spiro atoms. The van der Waals surface area contributed by atoms with Crippen LogP contribution in [0.4, 0.5) is 17.2 Å². The number of nitro groups is 1. The first kappa shape index (κ1) is 21.5. The van der Waals surface area contributed by atoms with Gasteiger partial charge in [-0.15, -0.1) is 0 Å². The van der Waals surface area contributed by atoms with Gasteiger partial charge >= 0.3 is 0 Å². The summed E-state index contributed by atoms with van der Waals surface area (Å²) in [7, 11) is 0. The molecular weight excluding hydrogens is 402 g/mol. The van der Waals surface area contributed by atoms with Crippen molar-refractivity contribution in [3.05, 3.63) is 76.5 Å². The highest BCUT2D eigenvalue weighted by Gasteiger charge is 2.12. The number of ether oxygens (including phenoxy) is 1. The third kappa shape index (κ3) is 5.66. The zero-order chi connectivity index (χ0) is 22.4. The predicted octanol–water partition coefficient (Wildman–Crippen LogP) is 3.64. The van der Waals surface area contributed by atoms with Gasteiger partial charge in [-0.05, 0) is 44.2 Å². The maximum atomic E-state index is 12.3. The molecule has 0 bridgehead atoms. The van der Waals surface area contributed by atoms with Gasteiger partial charge in [0.1, 0.15) is 11.6 Å². The van der Waals surface area contributed by atoms with Crippen LogP contribution >= 0.6 is 0 Å². The molecule has 0 saturated carbocycles. The Morgan fingerprint density at radius 3 is 2.55 bits per heavy atom. The number of non-ortho nitro benzene ring substituents is 1. The molecule has 0 atom stereocenters. The molecule has 10 heteroatoms. The molecule has 2 N–H and O–H groups in total. The average Bonchev–Trinajstić information content (AvgIpc) is 3.21. The number of benzene rings is 2. The summed E-state index contributed by atoms with van der Waals surface area (Å²) in [6.07, 6.45) is 1.61. The number of carbonyl (C=O) groups is 2. The Morgan fingerprint density at radius 1 is 1.13 bits per heavy atom. The third-order valence-corrected chi connectivity index (χ3v) is 4.23. The number of anilines is 2. The van der Waals surface area contributed by atoms with Crippen molar-refractivity contribution in [2.75, 3.05) is 17.2 Å². The van der Waals surface area contributed by atoms with Crippen molar-refractivity contribution in [1.29, 1.82) is 0 Å². The Morgan fingerprint density at radius 2 is 1.87 bits per heavy atom. The van der Waals surface area contributed by atoms with Crippen LogP contribution in [0.3, 0.4) is 0 Å². The summed E-state index contributed by atoms with van der Waals surface area (Å²) in [4.78, 5) is 34.7. The van der Waals surface area contributed by atoms with E-state index in [0.29, 0.717) is 17.3 Å². The molecule has 31 heavy (non-hydrogen) atoms. The van der Waals surface area contributed by atoms with Crippen molar-refractivity contribution in [2.45, 2.75) is 19.9 Å². The number of aromatic nitrogens is 2. The monoisotopic (exact) mass is 423 g/mol. The SMILES string of the molecule is CC(C)n1nccc1NC(=O)COc1ccc(NC(=O)c2cccc([N+](=O)[O-])c2)cc1. The molecule has 3 rings (SSSR count). The van der Waals surface area contributed by atoms with E-state index in [-0.39, 0.29) is 29.8 Å². The van der Waals surface area contributed by atoms with Crippen LogP contribution in [0.1, 0.15) is 30.2 Å². The number of rotatable bonds is 8. The summed E-state index contributed by atoms with van der Waals surface area (Å²) in [5.74, 6) is 0.229. The van der Waals surface area contributed by atoms with Crippen LogP contribution in [0.25, 0.3) is 0 Å². The van der Waals surface area contributed by atoms with Crippen molar-refractivity contribution >= 4 is 29.0 Å². The van der Waals surface area contributed by atoms with Crippen molar-refractivity contribution in [3.63, 3.8) is 0 Å². The van der Waals surface area contributed by atoms with E-state index in [0.717, 1.165) is 0 Å². The van der Waals surface area contributed by atoms with Crippen molar-refractivity contribution < 1.29 is 19.2 Å².